The monoisotopic (exact) mass is 200 g/mol. The van der Waals surface area contributed by atoms with E-state index in [4.69, 9.17) is 10.9 Å². The molecule has 0 bridgehead atoms. The van der Waals surface area contributed by atoms with Gasteiger partial charge < -0.3 is 5.73 Å². The van der Waals surface area contributed by atoms with Crippen molar-refractivity contribution in [3.05, 3.63) is 16.1 Å². The molecule has 4 N–H and O–H groups in total. The smallest absolute Gasteiger partial charge is 0.213 e. The van der Waals surface area contributed by atoms with Crippen LogP contribution >= 0.6 is 11.3 Å². The summed E-state index contributed by atoms with van der Waals surface area (Å²) in [4.78, 5) is 8.12. The van der Waals surface area contributed by atoms with Gasteiger partial charge in [-0.25, -0.2) is 15.5 Å². The van der Waals surface area contributed by atoms with Crippen molar-refractivity contribution in [1.82, 2.24) is 10.5 Å². The Morgan fingerprint density at radius 3 is 3.15 bits per heavy atom. The Morgan fingerprint density at radius 2 is 2.62 bits per heavy atom. The lowest BCUT2D eigenvalue weighted by atomic mass is 10.5. The van der Waals surface area contributed by atoms with Gasteiger partial charge in [-0.3, -0.25) is 5.21 Å². The summed E-state index contributed by atoms with van der Waals surface area (Å²) in [6.07, 6.45) is 0.933. The predicted octanol–water partition coefficient (Wildman–Crippen LogP) is 0.499. The predicted molar refractivity (Wildman–Crippen MR) is 51.7 cm³/mol. The minimum Gasteiger partial charge on any atom is -0.368 e. The molecule has 0 aliphatic heterocycles. The number of aliphatic imine (C=N–C) groups is 1. The minimum absolute atomic E-state index is 0.00560. The molecule has 0 radical (unpaired) electrons. The Morgan fingerprint density at radius 1 is 1.85 bits per heavy atom. The normalized spacial score (nSPS) is 11.7. The minimum atomic E-state index is 0.00560. The van der Waals surface area contributed by atoms with E-state index in [1.165, 1.54) is 0 Å². The van der Waals surface area contributed by atoms with Gasteiger partial charge in [0.15, 0.2) is 0 Å². The first-order valence-electron chi connectivity index (χ1n) is 3.89. The summed E-state index contributed by atoms with van der Waals surface area (Å²) in [5.74, 6) is 0.00560. The van der Waals surface area contributed by atoms with Crippen LogP contribution in [-0.4, -0.2) is 16.2 Å². The first-order chi connectivity index (χ1) is 6.26. The average Bonchev–Trinajstić information content (AvgIpc) is 2.61. The van der Waals surface area contributed by atoms with E-state index in [9.17, 15) is 0 Å². The maximum atomic E-state index is 8.34. The zero-order chi connectivity index (χ0) is 9.68. The van der Waals surface area contributed by atoms with E-state index in [1.54, 1.807) is 16.8 Å². The van der Waals surface area contributed by atoms with Crippen molar-refractivity contribution in [2.45, 2.75) is 19.9 Å². The van der Waals surface area contributed by atoms with E-state index in [1.807, 2.05) is 5.38 Å². The van der Waals surface area contributed by atoms with Crippen molar-refractivity contribution in [2.75, 3.05) is 0 Å². The molecular formula is C7H12N4OS. The van der Waals surface area contributed by atoms with Gasteiger partial charge in [-0.15, -0.1) is 11.3 Å². The zero-order valence-electron chi connectivity index (χ0n) is 7.32. The van der Waals surface area contributed by atoms with Gasteiger partial charge in [0, 0.05) is 5.38 Å². The van der Waals surface area contributed by atoms with Crippen LogP contribution in [0.15, 0.2) is 10.4 Å². The summed E-state index contributed by atoms with van der Waals surface area (Å²) in [6, 6.07) is 0. The molecular weight excluding hydrogens is 188 g/mol. The summed E-state index contributed by atoms with van der Waals surface area (Å²) in [7, 11) is 0. The van der Waals surface area contributed by atoms with Gasteiger partial charge in [0.25, 0.3) is 0 Å². The molecule has 0 atom stereocenters. The molecule has 0 aromatic carbocycles. The quantitative estimate of drug-likeness (QED) is 0.377. The summed E-state index contributed by atoms with van der Waals surface area (Å²) < 4.78 is 0. The number of rotatable bonds is 3. The van der Waals surface area contributed by atoms with Gasteiger partial charge in [-0.2, -0.15) is 0 Å². The lowest BCUT2D eigenvalue weighted by molar-refractivity contribution is 0.232. The molecule has 0 aliphatic carbocycles. The van der Waals surface area contributed by atoms with E-state index < -0.39 is 0 Å². The molecule has 0 spiro atoms. The number of thiazole rings is 1. The molecule has 0 aliphatic rings. The number of aromatic nitrogens is 1. The molecule has 1 aromatic rings. The fourth-order valence-electron chi connectivity index (χ4n) is 0.785. The molecule has 1 aromatic heterocycles. The Kier molecular flexibility index (Phi) is 3.66. The molecule has 0 saturated heterocycles. The summed E-state index contributed by atoms with van der Waals surface area (Å²) in [6.45, 7) is 2.45. The first-order valence-corrected chi connectivity index (χ1v) is 4.77. The summed E-state index contributed by atoms with van der Waals surface area (Å²) in [5.41, 5.74) is 7.86. The summed E-state index contributed by atoms with van der Waals surface area (Å²) in [5, 5.41) is 11.4. The molecule has 0 amide bonds. The van der Waals surface area contributed by atoms with Crippen LogP contribution in [0.2, 0.25) is 0 Å². The van der Waals surface area contributed by atoms with Crippen molar-refractivity contribution in [3.8, 4) is 0 Å². The van der Waals surface area contributed by atoms with Gasteiger partial charge in [0.1, 0.15) is 0 Å². The Hall–Kier alpha value is -1.14. The molecule has 13 heavy (non-hydrogen) atoms. The first kappa shape index (κ1) is 9.94. The molecule has 0 fully saturated rings. The topological polar surface area (TPSA) is 83.5 Å². The number of guanidine groups is 1. The molecule has 5 nitrogen and oxygen atoms in total. The number of nitrogens with zero attached hydrogens (tertiary/aromatic N) is 2. The van der Waals surface area contributed by atoms with Crippen LogP contribution in [0, 0.1) is 0 Å². The molecule has 1 heterocycles. The maximum absolute atomic E-state index is 8.34. The van der Waals surface area contributed by atoms with E-state index in [-0.39, 0.29) is 5.96 Å². The highest BCUT2D eigenvalue weighted by molar-refractivity contribution is 7.09. The lowest BCUT2D eigenvalue weighted by Gasteiger charge is -1.94. The second-order valence-electron chi connectivity index (χ2n) is 2.40. The fraction of sp³-hybridized carbons (Fsp3) is 0.429. The van der Waals surface area contributed by atoms with Crippen LogP contribution in [0.25, 0.3) is 0 Å². The van der Waals surface area contributed by atoms with Crippen molar-refractivity contribution in [2.24, 2.45) is 10.7 Å². The molecule has 0 unspecified atom stereocenters. The van der Waals surface area contributed by atoms with Crippen LogP contribution in [0.3, 0.4) is 0 Å². The molecule has 0 saturated carbocycles. The highest BCUT2D eigenvalue weighted by Crippen LogP contribution is 2.10. The van der Waals surface area contributed by atoms with Crippen molar-refractivity contribution < 1.29 is 5.21 Å². The SMILES string of the molecule is CCc1nc(CN=C(N)NO)cs1. The maximum Gasteiger partial charge on any atom is 0.213 e. The van der Waals surface area contributed by atoms with Gasteiger partial charge in [0.2, 0.25) is 5.96 Å². The van der Waals surface area contributed by atoms with Crippen LogP contribution in [0.5, 0.6) is 0 Å². The molecule has 6 heteroatoms. The van der Waals surface area contributed by atoms with E-state index >= 15 is 0 Å². The van der Waals surface area contributed by atoms with Gasteiger partial charge in [0.05, 0.1) is 17.2 Å². The number of hydrogen-bond acceptors (Lipinski definition) is 4. The second-order valence-corrected chi connectivity index (χ2v) is 3.34. The molecule has 1 rings (SSSR count). The van der Waals surface area contributed by atoms with Crippen LogP contribution in [-0.2, 0) is 13.0 Å². The Balaban J connectivity index is 2.54. The van der Waals surface area contributed by atoms with Crippen molar-refractivity contribution >= 4 is 17.3 Å². The van der Waals surface area contributed by atoms with Crippen LogP contribution in [0.4, 0.5) is 0 Å². The third-order valence-electron chi connectivity index (χ3n) is 1.43. The number of nitrogens with two attached hydrogens (primary N) is 1. The van der Waals surface area contributed by atoms with Gasteiger partial charge in [-0.1, -0.05) is 6.92 Å². The second kappa shape index (κ2) is 4.78. The van der Waals surface area contributed by atoms with Crippen molar-refractivity contribution in [3.63, 3.8) is 0 Å². The number of nitrogens with one attached hydrogen (secondary N) is 1. The highest BCUT2D eigenvalue weighted by atomic mass is 32.1. The van der Waals surface area contributed by atoms with Crippen LogP contribution < -0.4 is 11.2 Å². The zero-order valence-corrected chi connectivity index (χ0v) is 8.14. The van der Waals surface area contributed by atoms with E-state index in [0.29, 0.717) is 6.54 Å². The standard InChI is InChI=1S/C7H12N4OS/c1-2-6-10-5(4-13-6)3-9-7(8)11-12/h4,12H,2-3H2,1H3,(H3,8,9,11). The number of hydroxylamine groups is 1. The highest BCUT2D eigenvalue weighted by Gasteiger charge is 1.98. The number of hydrogen-bond donors (Lipinski definition) is 3. The molecule has 72 valence electrons. The van der Waals surface area contributed by atoms with Gasteiger partial charge >= 0.3 is 0 Å². The lowest BCUT2D eigenvalue weighted by Crippen LogP contribution is -2.28. The third kappa shape index (κ3) is 3.00. The van der Waals surface area contributed by atoms with E-state index in [2.05, 4.69) is 16.9 Å². The van der Waals surface area contributed by atoms with E-state index in [0.717, 1.165) is 17.1 Å². The Bertz CT molecular complexity index is 296. The Labute approximate surface area is 80.3 Å². The third-order valence-corrected chi connectivity index (χ3v) is 2.47. The average molecular weight is 200 g/mol. The van der Waals surface area contributed by atoms with Crippen LogP contribution in [0.1, 0.15) is 17.6 Å². The largest absolute Gasteiger partial charge is 0.368 e. The fourth-order valence-corrected chi connectivity index (χ4v) is 1.52. The van der Waals surface area contributed by atoms with Gasteiger partial charge in [-0.05, 0) is 6.42 Å². The summed E-state index contributed by atoms with van der Waals surface area (Å²) >= 11 is 1.60. The number of aryl methyl sites for hydroxylation is 1. The van der Waals surface area contributed by atoms with Crippen molar-refractivity contribution in [1.29, 1.82) is 0 Å².